The van der Waals surface area contributed by atoms with Gasteiger partial charge in [-0.15, -0.1) is 0 Å². The van der Waals surface area contributed by atoms with Crippen LogP contribution in [0.5, 0.6) is 0 Å². The van der Waals surface area contributed by atoms with Crippen molar-refractivity contribution in [2.45, 2.75) is 20.0 Å². The highest BCUT2D eigenvalue weighted by molar-refractivity contribution is 5.08. The maximum absolute atomic E-state index is 12.8. The molecule has 1 aromatic heterocycles. The van der Waals surface area contributed by atoms with Gasteiger partial charge in [-0.2, -0.15) is 0 Å². The molecule has 1 N–H and O–H groups in total. The van der Waals surface area contributed by atoms with E-state index >= 15 is 0 Å². The second-order valence-electron chi connectivity index (χ2n) is 5.56. The van der Waals surface area contributed by atoms with Gasteiger partial charge in [-0.05, 0) is 18.7 Å². The fraction of sp³-hybridized carbons (Fsp3) is 0.667. The standard InChI is InChI=1S/C15H24FN3O/c1-3-18-6-8-19(9-7-18)11-12(2)15(20)14-5-4-13(16)10-17-14/h4-5,10,12,15,20H,3,6-9,11H2,1-2H3. The Balaban J connectivity index is 1.85. The molecule has 0 aliphatic carbocycles. The van der Waals surface area contributed by atoms with Crippen LogP contribution in [-0.2, 0) is 0 Å². The topological polar surface area (TPSA) is 39.6 Å². The molecule has 0 radical (unpaired) electrons. The van der Waals surface area contributed by atoms with Crippen LogP contribution in [0.1, 0.15) is 25.6 Å². The molecule has 20 heavy (non-hydrogen) atoms. The molecule has 1 fully saturated rings. The number of rotatable bonds is 5. The van der Waals surface area contributed by atoms with E-state index in [4.69, 9.17) is 0 Å². The molecule has 2 unspecified atom stereocenters. The van der Waals surface area contributed by atoms with Gasteiger partial charge in [0.25, 0.3) is 0 Å². The molecular formula is C15H24FN3O. The molecule has 4 nitrogen and oxygen atoms in total. The number of aromatic nitrogens is 1. The van der Waals surface area contributed by atoms with Crippen LogP contribution in [0.25, 0.3) is 0 Å². The summed E-state index contributed by atoms with van der Waals surface area (Å²) >= 11 is 0. The average molecular weight is 281 g/mol. The number of pyridine rings is 1. The molecular weight excluding hydrogens is 257 g/mol. The van der Waals surface area contributed by atoms with Crippen molar-refractivity contribution in [1.82, 2.24) is 14.8 Å². The van der Waals surface area contributed by atoms with Crippen molar-refractivity contribution in [2.75, 3.05) is 39.3 Å². The van der Waals surface area contributed by atoms with Crippen LogP contribution in [0.15, 0.2) is 18.3 Å². The molecule has 2 heterocycles. The smallest absolute Gasteiger partial charge is 0.141 e. The maximum Gasteiger partial charge on any atom is 0.141 e. The van der Waals surface area contributed by atoms with Crippen molar-refractivity contribution < 1.29 is 9.50 Å². The lowest BCUT2D eigenvalue weighted by atomic mass is 10.0. The summed E-state index contributed by atoms with van der Waals surface area (Å²) in [6.45, 7) is 10.4. The highest BCUT2D eigenvalue weighted by Gasteiger charge is 2.23. The molecule has 1 saturated heterocycles. The van der Waals surface area contributed by atoms with Crippen LogP contribution in [0, 0.1) is 11.7 Å². The summed E-state index contributed by atoms with van der Waals surface area (Å²) in [7, 11) is 0. The molecule has 1 aliphatic heterocycles. The summed E-state index contributed by atoms with van der Waals surface area (Å²) in [5.41, 5.74) is 0.547. The lowest BCUT2D eigenvalue weighted by Gasteiger charge is -2.36. The minimum atomic E-state index is -0.639. The van der Waals surface area contributed by atoms with Gasteiger partial charge in [0, 0.05) is 38.6 Å². The normalized spacial score (nSPS) is 20.8. The van der Waals surface area contributed by atoms with E-state index < -0.39 is 6.10 Å². The van der Waals surface area contributed by atoms with Gasteiger partial charge in [0.05, 0.1) is 18.0 Å². The summed E-state index contributed by atoms with van der Waals surface area (Å²) in [5, 5.41) is 10.3. The van der Waals surface area contributed by atoms with Gasteiger partial charge in [0.2, 0.25) is 0 Å². The van der Waals surface area contributed by atoms with Crippen molar-refractivity contribution in [2.24, 2.45) is 5.92 Å². The monoisotopic (exact) mass is 281 g/mol. The molecule has 2 rings (SSSR count). The first-order chi connectivity index (χ1) is 9.60. The lowest BCUT2D eigenvalue weighted by Crippen LogP contribution is -2.47. The van der Waals surface area contributed by atoms with Crippen molar-refractivity contribution >= 4 is 0 Å². The third kappa shape index (κ3) is 3.98. The first-order valence-corrected chi connectivity index (χ1v) is 7.34. The Kier molecular flexibility index (Phi) is 5.46. The van der Waals surface area contributed by atoms with Crippen LogP contribution < -0.4 is 0 Å². The lowest BCUT2D eigenvalue weighted by molar-refractivity contribution is 0.0635. The van der Waals surface area contributed by atoms with Crippen LogP contribution in [0.4, 0.5) is 4.39 Å². The summed E-state index contributed by atoms with van der Waals surface area (Å²) in [5.74, 6) is -0.287. The van der Waals surface area contributed by atoms with Crippen molar-refractivity contribution in [3.63, 3.8) is 0 Å². The minimum absolute atomic E-state index is 0.0844. The molecule has 0 aromatic carbocycles. The van der Waals surface area contributed by atoms with Crippen LogP contribution in [-0.4, -0.2) is 59.2 Å². The molecule has 5 heteroatoms. The maximum atomic E-state index is 12.8. The highest BCUT2D eigenvalue weighted by Crippen LogP contribution is 2.21. The number of halogens is 1. The van der Waals surface area contributed by atoms with Gasteiger partial charge < -0.3 is 14.9 Å². The van der Waals surface area contributed by atoms with Crippen LogP contribution in [0.2, 0.25) is 0 Å². The molecule has 112 valence electrons. The number of likely N-dealkylation sites (N-methyl/N-ethyl adjacent to an activating group) is 1. The fourth-order valence-corrected chi connectivity index (χ4v) is 2.65. The van der Waals surface area contributed by atoms with E-state index in [1.165, 1.54) is 6.07 Å². The van der Waals surface area contributed by atoms with Crippen molar-refractivity contribution in [3.8, 4) is 0 Å². The van der Waals surface area contributed by atoms with E-state index in [0.717, 1.165) is 45.5 Å². The predicted octanol–water partition coefficient (Wildman–Crippen LogP) is 1.53. The first kappa shape index (κ1) is 15.4. The first-order valence-electron chi connectivity index (χ1n) is 7.34. The number of nitrogens with zero attached hydrogens (tertiary/aromatic N) is 3. The van der Waals surface area contributed by atoms with Gasteiger partial charge >= 0.3 is 0 Å². The Morgan fingerprint density at radius 1 is 1.25 bits per heavy atom. The van der Waals surface area contributed by atoms with Crippen molar-refractivity contribution in [3.05, 3.63) is 29.8 Å². The summed E-state index contributed by atoms with van der Waals surface area (Å²) in [6.07, 6.45) is 0.519. The van der Waals surface area contributed by atoms with E-state index in [9.17, 15) is 9.50 Å². The molecule has 0 spiro atoms. The zero-order valence-corrected chi connectivity index (χ0v) is 12.3. The van der Waals surface area contributed by atoms with E-state index in [1.54, 1.807) is 6.07 Å². The summed E-state index contributed by atoms with van der Waals surface area (Å²) in [6, 6.07) is 2.91. The summed E-state index contributed by atoms with van der Waals surface area (Å²) < 4.78 is 12.8. The number of hydrogen-bond acceptors (Lipinski definition) is 4. The summed E-state index contributed by atoms with van der Waals surface area (Å²) in [4.78, 5) is 8.77. The third-order valence-corrected chi connectivity index (χ3v) is 4.05. The minimum Gasteiger partial charge on any atom is -0.386 e. The van der Waals surface area contributed by atoms with Crippen LogP contribution >= 0.6 is 0 Å². The second-order valence-corrected chi connectivity index (χ2v) is 5.56. The molecule has 1 aromatic rings. The zero-order valence-electron chi connectivity index (χ0n) is 12.3. The van der Waals surface area contributed by atoms with Gasteiger partial charge in [-0.25, -0.2) is 4.39 Å². The third-order valence-electron chi connectivity index (χ3n) is 4.05. The van der Waals surface area contributed by atoms with E-state index in [0.29, 0.717) is 5.69 Å². The molecule has 0 bridgehead atoms. The quantitative estimate of drug-likeness (QED) is 0.888. The van der Waals surface area contributed by atoms with Gasteiger partial charge in [0.15, 0.2) is 0 Å². The number of piperazine rings is 1. The number of aliphatic hydroxyl groups excluding tert-OH is 1. The van der Waals surface area contributed by atoms with E-state index in [-0.39, 0.29) is 11.7 Å². The van der Waals surface area contributed by atoms with Gasteiger partial charge in [0.1, 0.15) is 5.82 Å². The molecule has 0 saturated carbocycles. The van der Waals surface area contributed by atoms with Crippen LogP contribution in [0.3, 0.4) is 0 Å². The van der Waals surface area contributed by atoms with Gasteiger partial charge in [-0.1, -0.05) is 13.8 Å². The molecule has 2 atom stereocenters. The largest absolute Gasteiger partial charge is 0.386 e. The van der Waals surface area contributed by atoms with E-state index in [1.807, 2.05) is 6.92 Å². The number of aliphatic hydroxyl groups is 1. The fourth-order valence-electron chi connectivity index (χ4n) is 2.65. The Morgan fingerprint density at radius 3 is 2.45 bits per heavy atom. The Labute approximate surface area is 120 Å². The molecule has 0 amide bonds. The number of hydrogen-bond donors (Lipinski definition) is 1. The zero-order chi connectivity index (χ0) is 14.5. The highest BCUT2D eigenvalue weighted by atomic mass is 19.1. The van der Waals surface area contributed by atoms with Gasteiger partial charge in [-0.3, -0.25) is 4.98 Å². The SMILES string of the molecule is CCN1CCN(CC(C)C(O)c2ccc(F)cn2)CC1. The average Bonchev–Trinajstić information content (AvgIpc) is 2.48. The Bertz CT molecular complexity index is 404. The van der Waals surface area contributed by atoms with E-state index in [2.05, 4.69) is 21.7 Å². The Morgan fingerprint density at radius 2 is 1.90 bits per heavy atom. The Hall–Kier alpha value is -1.04. The molecule has 1 aliphatic rings. The van der Waals surface area contributed by atoms with Crippen molar-refractivity contribution in [1.29, 1.82) is 0 Å². The second kappa shape index (κ2) is 7.11. The predicted molar refractivity (Wildman–Crippen MR) is 76.9 cm³/mol.